The van der Waals surface area contributed by atoms with E-state index in [1.54, 1.807) is 24.3 Å². The molecule has 0 aliphatic heterocycles. The van der Waals surface area contributed by atoms with Crippen LogP contribution in [-0.2, 0) is 0 Å². The van der Waals surface area contributed by atoms with E-state index in [2.05, 4.69) is 6.58 Å². The SMILES string of the molecule is C=C1C(=C(C#N)C#N)c2ccccc2/C1=C(/N)C#N. The first-order valence-electron chi connectivity index (χ1n) is 5.39. The largest absolute Gasteiger partial charge is 0.390 e. The zero-order valence-electron chi connectivity index (χ0n) is 9.94. The van der Waals surface area contributed by atoms with Crippen molar-refractivity contribution in [3.05, 3.63) is 58.8 Å². The van der Waals surface area contributed by atoms with Gasteiger partial charge in [0, 0.05) is 11.1 Å². The van der Waals surface area contributed by atoms with Gasteiger partial charge in [-0.3, -0.25) is 0 Å². The summed E-state index contributed by atoms with van der Waals surface area (Å²) in [5.74, 6) is 0. The van der Waals surface area contributed by atoms with Crippen molar-refractivity contribution < 1.29 is 0 Å². The fourth-order valence-electron chi connectivity index (χ4n) is 2.16. The molecule has 1 aromatic rings. The van der Waals surface area contributed by atoms with E-state index in [0.717, 1.165) is 5.56 Å². The standard InChI is InChI=1S/C15H8N4/c1-9-14(10(6-16)7-17)11-4-2-3-5-12(11)15(9)13(19)8-18/h2-5H,1,19H2/b15-13+. The molecule has 2 N–H and O–H groups in total. The molecule has 19 heavy (non-hydrogen) atoms. The molecule has 1 aliphatic rings. The van der Waals surface area contributed by atoms with Gasteiger partial charge in [0.2, 0.25) is 0 Å². The monoisotopic (exact) mass is 244 g/mol. The van der Waals surface area contributed by atoms with Crippen LogP contribution < -0.4 is 5.73 Å². The number of nitrogens with two attached hydrogens (primary N) is 1. The van der Waals surface area contributed by atoms with Gasteiger partial charge in [0.05, 0.1) is 0 Å². The Labute approximate surface area is 110 Å². The lowest BCUT2D eigenvalue weighted by Gasteiger charge is -2.01. The zero-order chi connectivity index (χ0) is 14.0. The average molecular weight is 244 g/mol. The smallest absolute Gasteiger partial charge is 0.138 e. The first-order chi connectivity index (χ1) is 9.15. The van der Waals surface area contributed by atoms with E-state index < -0.39 is 0 Å². The minimum Gasteiger partial charge on any atom is -0.390 e. The molecular weight excluding hydrogens is 236 g/mol. The lowest BCUT2D eigenvalue weighted by atomic mass is 10.00. The Kier molecular flexibility index (Phi) is 2.90. The molecule has 0 saturated heterocycles. The maximum Gasteiger partial charge on any atom is 0.138 e. The van der Waals surface area contributed by atoms with Crippen LogP contribution in [0.2, 0.25) is 0 Å². The summed E-state index contributed by atoms with van der Waals surface area (Å²) in [5, 5.41) is 27.0. The molecule has 88 valence electrons. The van der Waals surface area contributed by atoms with Crippen molar-refractivity contribution in [2.75, 3.05) is 0 Å². The van der Waals surface area contributed by atoms with E-state index in [0.29, 0.717) is 22.3 Å². The lowest BCUT2D eigenvalue weighted by Crippen LogP contribution is -1.98. The van der Waals surface area contributed by atoms with Gasteiger partial charge in [-0.15, -0.1) is 0 Å². The van der Waals surface area contributed by atoms with E-state index in [4.69, 9.17) is 21.5 Å². The van der Waals surface area contributed by atoms with Gasteiger partial charge >= 0.3 is 0 Å². The molecule has 0 atom stereocenters. The first kappa shape index (κ1) is 12.2. The Morgan fingerprint density at radius 3 is 1.95 bits per heavy atom. The van der Waals surface area contributed by atoms with Crippen molar-refractivity contribution >= 4 is 11.1 Å². The summed E-state index contributed by atoms with van der Waals surface area (Å²) in [7, 11) is 0. The third-order valence-electron chi connectivity index (χ3n) is 2.93. The third-order valence-corrected chi connectivity index (χ3v) is 2.93. The second kappa shape index (κ2) is 4.53. The van der Waals surface area contributed by atoms with Crippen LogP contribution in [0.25, 0.3) is 11.1 Å². The van der Waals surface area contributed by atoms with Gasteiger partial charge in [0.25, 0.3) is 0 Å². The maximum atomic E-state index is 9.03. The van der Waals surface area contributed by atoms with Gasteiger partial charge in [0.15, 0.2) is 0 Å². The predicted molar refractivity (Wildman–Crippen MR) is 70.4 cm³/mol. The molecule has 0 aromatic heterocycles. The third kappa shape index (κ3) is 1.67. The Balaban J connectivity index is 2.92. The molecule has 2 rings (SSSR count). The number of allylic oxidation sites excluding steroid dienone is 5. The summed E-state index contributed by atoms with van der Waals surface area (Å²) in [5.41, 5.74) is 8.52. The van der Waals surface area contributed by atoms with Crippen LogP contribution in [-0.4, -0.2) is 0 Å². The summed E-state index contributed by atoms with van der Waals surface area (Å²) >= 11 is 0. The van der Waals surface area contributed by atoms with E-state index in [9.17, 15) is 0 Å². The van der Waals surface area contributed by atoms with Crippen molar-refractivity contribution in [1.29, 1.82) is 15.8 Å². The fourth-order valence-corrected chi connectivity index (χ4v) is 2.16. The molecule has 1 aliphatic carbocycles. The summed E-state index contributed by atoms with van der Waals surface area (Å²) < 4.78 is 0. The summed E-state index contributed by atoms with van der Waals surface area (Å²) in [6.07, 6.45) is 0. The average Bonchev–Trinajstić information content (AvgIpc) is 2.73. The molecule has 0 heterocycles. The van der Waals surface area contributed by atoms with E-state index in [1.807, 2.05) is 18.2 Å². The Morgan fingerprint density at radius 1 is 0.947 bits per heavy atom. The molecule has 4 nitrogen and oxygen atoms in total. The molecule has 0 amide bonds. The number of fused-ring (bicyclic) bond motifs is 1. The van der Waals surface area contributed by atoms with E-state index in [-0.39, 0.29) is 11.3 Å². The van der Waals surface area contributed by atoms with Gasteiger partial charge in [-0.1, -0.05) is 30.8 Å². The number of rotatable bonds is 0. The quantitative estimate of drug-likeness (QED) is 0.707. The molecular formula is C15H8N4. The molecule has 1 aromatic carbocycles. The summed E-state index contributed by atoms with van der Waals surface area (Å²) in [6.45, 7) is 3.87. The molecule has 0 bridgehead atoms. The van der Waals surface area contributed by atoms with Gasteiger partial charge in [-0.2, -0.15) is 15.8 Å². The Hall–Kier alpha value is -3.29. The second-order valence-electron chi connectivity index (χ2n) is 3.90. The van der Waals surface area contributed by atoms with Crippen molar-refractivity contribution in [2.45, 2.75) is 0 Å². The normalized spacial score (nSPS) is 15.0. The predicted octanol–water partition coefficient (Wildman–Crippen LogP) is 2.25. The molecule has 0 spiro atoms. The van der Waals surface area contributed by atoms with Crippen LogP contribution in [0.15, 0.2) is 47.7 Å². The Bertz CT molecular complexity index is 758. The minimum absolute atomic E-state index is 0.0295. The second-order valence-corrected chi connectivity index (χ2v) is 3.90. The minimum atomic E-state index is -0.0295. The molecule has 0 unspecified atom stereocenters. The highest BCUT2D eigenvalue weighted by molar-refractivity contribution is 6.10. The number of nitriles is 3. The fraction of sp³-hybridized carbons (Fsp3) is 0. The molecule has 0 fully saturated rings. The molecule has 4 heteroatoms. The van der Waals surface area contributed by atoms with Crippen molar-refractivity contribution in [3.8, 4) is 18.2 Å². The van der Waals surface area contributed by atoms with Gasteiger partial charge in [-0.25, -0.2) is 0 Å². The van der Waals surface area contributed by atoms with Crippen molar-refractivity contribution in [1.82, 2.24) is 0 Å². The topological polar surface area (TPSA) is 97.4 Å². The highest BCUT2D eigenvalue weighted by Crippen LogP contribution is 2.46. The highest BCUT2D eigenvalue weighted by Gasteiger charge is 2.29. The molecule has 0 radical (unpaired) electrons. The number of benzene rings is 1. The van der Waals surface area contributed by atoms with Crippen LogP contribution in [0.3, 0.4) is 0 Å². The van der Waals surface area contributed by atoms with Gasteiger partial charge in [0.1, 0.15) is 29.5 Å². The van der Waals surface area contributed by atoms with Crippen LogP contribution in [0, 0.1) is 34.0 Å². The van der Waals surface area contributed by atoms with Crippen molar-refractivity contribution in [3.63, 3.8) is 0 Å². The number of hydrogen-bond acceptors (Lipinski definition) is 4. The lowest BCUT2D eigenvalue weighted by molar-refractivity contribution is 1.39. The van der Waals surface area contributed by atoms with E-state index in [1.165, 1.54) is 0 Å². The van der Waals surface area contributed by atoms with Crippen molar-refractivity contribution in [2.24, 2.45) is 5.73 Å². The molecule has 0 saturated carbocycles. The summed E-state index contributed by atoms with van der Waals surface area (Å²) in [6, 6.07) is 12.8. The van der Waals surface area contributed by atoms with E-state index >= 15 is 0 Å². The van der Waals surface area contributed by atoms with Crippen LogP contribution >= 0.6 is 0 Å². The highest BCUT2D eigenvalue weighted by atomic mass is 14.6. The first-order valence-corrected chi connectivity index (χ1v) is 5.39. The maximum absolute atomic E-state index is 9.03. The Morgan fingerprint density at radius 2 is 1.47 bits per heavy atom. The van der Waals surface area contributed by atoms with Gasteiger partial charge in [-0.05, 0) is 16.7 Å². The van der Waals surface area contributed by atoms with Gasteiger partial charge < -0.3 is 5.73 Å². The summed E-state index contributed by atoms with van der Waals surface area (Å²) in [4.78, 5) is 0. The van der Waals surface area contributed by atoms with Crippen LogP contribution in [0.4, 0.5) is 0 Å². The van der Waals surface area contributed by atoms with Crippen LogP contribution in [0.5, 0.6) is 0 Å². The van der Waals surface area contributed by atoms with Crippen LogP contribution in [0.1, 0.15) is 11.1 Å². The number of hydrogen-bond donors (Lipinski definition) is 1. The number of nitrogens with zero attached hydrogens (tertiary/aromatic N) is 3. The zero-order valence-corrected chi connectivity index (χ0v) is 9.94.